The Kier molecular flexibility index (Phi) is 5.06. The molecular weight excluding hydrogens is 340 g/mol. The fraction of sp³-hybridized carbons (Fsp3) is 0.667. The lowest BCUT2D eigenvalue weighted by Gasteiger charge is -2.27. The number of hydrogen-bond donors (Lipinski definition) is 1. The van der Waals surface area contributed by atoms with Crippen molar-refractivity contribution in [3.63, 3.8) is 0 Å². The van der Waals surface area contributed by atoms with Crippen LogP contribution in [0.1, 0.15) is 63.4 Å². The summed E-state index contributed by atoms with van der Waals surface area (Å²) < 4.78 is 3.68. The molecule has 3 heterocycles. The third-order valence-corrected chi connectivity index (χ3v) is 6.26. The van der Waals surface area contributed by atoms with Crippen molar-refractivity contribution >= 4 is 16.9 Å². The lowest BCUT2D eigenvalue weighted by molar-refractivity contribution is -0.122. The molecule has 1 amide bonds. The van der Waals surface area contributed by atoms with Crippen LogP contribution in [0.25, 0.3) is 11.0 Å². The largest absolute Gasteiger partial charge is 0.352 e. The molecule has 2 aromatic rings. The van der Waals surface area contributed by atoms with Gasteiger partial charge in [-0.3, -0.25) is 14.2 Å². The van der Waals surface area contributed by atoms with Crippen LogP contribution in [0.5, 0.6) is 0 Å². The Morgan fingerprint density at radius 1 is 1.22 bits per heavy atom. The molecule has 0 radical (unpaired) electrons. The Balaban J connectivity index is 1.60. The number of aromatic nitrogens is 3. The molecule has 0 aromatic carbocycles. The number of amides is 1. The van der Waals surface area contributed by atoms with Crippen LogP contribution >= 0.6 is 0 Å². The summed E-state index contributed by atoms with van der Waals surface area (Å²) in [6, 6.07) is 2.21. The third-order valence-electron chi connectivity index (χ3n) is 6.26. The van der Waals surface area contributed by atoms with E-state index in [1.807, 2.05) is 22.1 Å². The third kappa shape index (κ3) is 3.66. The van der Waals surface area contributed by atoms with Gasteiger partial charge in [-0.2, -0.15) is 0 Å². The van der Waals surface area contributed by atoms with Crippen LogP contribution in [0.2, 0.25) is 0 Å². The minimum atomic E-state index is -0.00510. The van der Waals surface area contributed by atoms with E-state index in [1.165, 1.54) is 12.8 Å². The molecule has 146 valence electrons. The predicted molar refractivity (Wildman–Crippen MR) is 106 cm³/mol. The van der Waals surface area contributed by atoms with Crippen LogP contribution in [0.3, 0.4) is 0 Å². The standard InChI is InChI=1S/C21H30N4O2/c1-14-7-9-16(10-8-14)22-19(26)13-25-15(2)12-17-20(25)21(27)24-11-5-3-4-6-18(24)23-17/h12,14,16H,3-11,13H2,1-2H3,(H,22,26). The van der Waals surface area contributed by atoms with Crippen LogP contribution in [-0.2, 0) is 24.3 Å². The highest BCUT2D eigenvalue weighted by molar-refractivity contribution is 5.81. The second kappa shape index (κ2) is 7.49. The van der Waals surface area contributed by atoms with Crippen molar-refractivity contribution in [1.82, 2.24) is 19.4 Å². The number of carbonyl (C=O) groups is 1. The Morgan fingerprint density at radius 2 is 2.00 bits per heavy atom. The fourth-order valence-electron chi connectivity index (χ4n) is 4.59. The average Bonchev–Trinajstić information content (AvgIpc) is 2.81. The molecule has 1 aliphatic heterocycles. The molecule has 1 fully saturated rings. The van der Waals surface area contributed by atoms with Gasteiger partial charge in [-0.05, 0) is 57.4 Å². The smallest absolute Gasteiger partial charge is 0.278 e. The molecule has 1 aliphatic carbocycles. The van der Waals surface area contributed by atoms with Crippen molar-refractivity contribution in [3.05, 3.63) is 27.9 Å². The van der Waals surface area contributed by atoms with Gasteiger partial charge in [0.2, 0.25) is 5.91 Å². The zero-order valence-corrected chi connectivity index (χ0v) is 16.5. The summed E-state index contributed by atoms with van der Waals surface area (Å²) in [5.74, 6) is 1.65. The highest BCUT2D eigenvalue weighted by atomic mass is 16.2. The molecule has 2 aromatic heterocycles. The monoisotopic (exact) mass is 370 g/mol. The maximum Gasteiger partial charge on any atom is 0.278 e. The predicted octanol–water partition coefficient (Wildman–Crippen LogP) is 2.93. The Hall–Kier alpha value is -2.11. The second-order valence-electron chi connectivity index (χ2n) is 8.43. The van der Waals surface area contributed by atoms with Gasteiger partial charge in [0, 0.05) is 24.7 Å². The van der Waals surface area contributed by atoms with E-state index in [-0.39, 0.29) is 24.1 Å². The average molecular weight is 370 g/mol. The molecule has 1 saturated carbocycles. The first-order chi connectivity index (χ1) is 13.0. The molecule has 0 atom stereocenters. The second-order valence-corrected chi connectivity index (χ2v) is 8.43. The van der Waals surface area contributed by atoms with Crippen molar-refractivity contribution in [3.8, 4) is 0 Å². The maximum atomic E-state index is 13.1. The molecular formula is C21H30N4O2. The molecule has 0 spiro atoms. The summed E-state index contributed by atoms with van der Waals surface area (Å²) in [6.45, 7) is 5.15. The minimum Gasteiger partial charge on any atom is -0.352 e. The summed E-state index contributed by atoms with van der Waals surface area (Å²) in [5.41, 5.74) is 2.22. The van der Waals surface area contributed by atoms with Crippen LogP contribution in [0, 0.1) is 12.8 Å². The normalized spacial score (nSPS) is 23.0. The Bertz CT molecular complexity index is 903. The molecule has 4 rings (SSSR count). The summed E-state index contributed by atoms with van der Waals surface area (Å²) in [4.78, 5) is 30.5. The number of hydrogen-bond acceptors (Lipinski definition) is 3. The van der Waals surface area contributed by atoms with Crippen LogP contribution in [0.15, 0.2) is 10.9 Å². The summed E-state index contributed by atoms with van der Waals surface area (Å²) in [7, 11) is 0. The quantitative estimate of drug-likeness (QED) is 0.903. The highest BCUT2D eigenvalue weighted by Gasteiger charge is 2.22. The van der Waals surface area contributed by atoms with E-state index < -0.39 is 0 Å². The lowest BCUT2D eigenvalue weighted by atomic mass is 9.87. The number of nitrogens with one attached hydrogen (secondary N) is 1. The number of aryl methyl sites for hydroxylation is 2. The van der Waals surface area contributed by atoms with Crippen LogP contribution < -0.4 is 10.9 Å². The van der Waals surface area contributed by atoms with Crippen molar-refractivity contribution in [2.75, 3.05) is 0 Å². The maximum absolute atomic E-state index is 13.1. The van der Waals surface area contributed by atoms with Crippen molar-refractivity contribution in [1.29, 1.82) is 0 Å². The van der Waals surface area contributed by atoms with Gasteiger partial charge in [-0.1, -0.05) is 13.3 Å². The van der Waals surface area contributed by atoms with Crippen LogP contribution in [-0.4, -0.2) is 26.1 Å². The van der Waals surface area contributed by atoms with Gasteiger partial charge >= 0.3 is 0 Å². The molecule has 6 nitrogen and oxygen atoms in total. The number of carbonyl (C=O) groups excluding carboxylic acids is 1. The zero-order chi connectivity index (χ0) is 19.0. The minimum absolute atomic E-state index is 0.00397. The van der Waals surface area contributed by atoms with E-state index in [0.717, 1.165) is 68.0 Å². The molecule has 0 unspecified atom stereocenters. The first-order valence-electron chi connectivity index (χ1n) is 10.4. The number of rotatable bonds is 3. The van der Waals surface area contributed by atoms with Crippen LogP contribution in [0.4, 0.5) is 0 Å². The first-order valence-corrected chi connectivity index (χ1v) is 10.4. The van der Waals surface area contributed by atoms with E-state index in [1.54, 1.807) is 0 Å². The summed E-state index contributed by atoms with van der Waals surface area (Å²) in [6.07, 6.45) is 8.54. The van der Waals surface area contributed by atoms with E-state index in [9.17, 15) is 9.59 Å². The molecule has 1 N–H and O–H groups in total. The van der Waals surface area contributed by atoms with Gasteiger partial charge in [0.25, 0.3) is 5.56 Å². The first kappa shape index (κ1) is 18.3. The Morgan fingerprint density at radius 3 is 2.78 bits per heavy atom. The van der Waals surface area contributed by atoms with E-state index in [0.29, 0.717) is 5.52 Å². The number of fused-ring (bicyclic) bond motifs is 2. The van der Waals surface area contributed by atoms with Gasteiger partial charge in [0.15, 0.2) is 0 Å². The number of nitrogens with zero attached hydrogens (tertiary/aromatic N) is 3. The Labute approximate surface area is 160 Å². The fourth-order valence-corrected chi connectivity index (χ4v) is 4.59. The highest BCUT2D eigenvalue weighted by Crippen LogP contribution is 2.23. The zero-order valence-electron chi connectivity index (χ0n) is 16.5. The SMILES string of the molecule is Cc1cc2nc3n(c(=O)c2n1CC(=O)NC1CCC(C)CC1)CCCCC3. The van der Waals surface area contributed by atoms with Gasteiger partial charge in [-0.15, -0.1) is 0 Å². The van der Waals surface area contributed by atoms with Gasteiger partial charge in [-0.25, -0.2) is 4.98 Å². The molecule has 0 saturated heterocycles. The molecule has 2 aliphatic rings. The van der Waals surface area contributed by atoms with Gasteiger partial charge < -0.3 is 9.88 Å². The van der Waals surface area contributed by atoms with Crippen molar-refractivity contribution in [2.24, 2.45) is 5.92 Å². The lowest BCUT2D eigenvalue weighted by Crippen LogP contribution is -2.39. The molecule has 0 bridgehead atoms. The molecule has 6 heteroatoms. The van der Waals surface area contributed by atoms with Crippen molar-refractivity contribution < 1.29 is 4.79 Å². The summed E-state index contributed by atoms with van der Waals surface area (Å²) in [5, 5.41) is 3.17. The van der Waals surface area contributed by atoms with E-state index in [2.05, 4.69) is 12.2 Å². The van der Waals surface area contributed by atoms with Gasteiger partial charge in [0.05, 0.1) is 5.52 Å². The topological polar surface area (TPSA) is 68.9 Å². The van der Waals surface area contributed by atoms with Crippen molar-refractivity contribution in [2.45, 2.75) is 84.3 Å². The van der Waals surface area contributed by atoms with Gasteiger partial charge in [0.1, 0.15) is 17.9 Å². The van der Waals surface area contributed by atoms with E-state index >= 15 is 0 Å². The van der Waals surface area contributed by atoms with E-state index in [4.69, 9.17) is 4.98 Å². The summed E-state index contributed by atoms with van der Waals surface area (Å²) >= 11 is 0. The molecule has 27 heavy (non-hydrogen) atoms.